The molecule has 42 heavy (non-hydrogen) atoms. The minimum Gasteiger partial charge on any atom is -0.493 e. The Morgan fingerprint density at radius 3 is 1.83 bits per heavy atom. The van der Waals surface area contributed by atoms with E-state index in [2.05, 4.69) is 43.4 Å². The largest absolute Gasteiger partial charge is 0.493 e. The van der Waals surface area contributed by atoms with Crippen LogP contribution in [0.5, 0.6) is 28.7 Å². The fourth-order valence-electron chi connectivity index (χ4n) is 4.33. The zero-order chi connectivity index (χ0) is 30.4. The first-order chi connectivity index (χ1) is 20.6. The molecule has 0 aliphatic rings. The van der Waals surface area contributed by atoms with Crippen LogP contribution in [0.3, 0.4) is 0 Å². The van der Waals surface area contributed by atoms with Gasteiger partial charge < -0.3 is 23.7 Å². The van der Waals surface area contributed by atoms with Crippen LogP contribution >= 0.6 is 0 Å². The van der Waals surface area contributed by atoms with Gasteiger partial charge in [0.15, 0.2) is 23.0 Å². The van der Waals surface area contributed by atoms with E-state index in [1.54, 1.807) is 40.6 Å². The molecule has 0 aliphatic carbocycles. The van der Waals surface area contributed by atoms with E-state index in [9.17, 15) is 4.79 Å². The van der Waals surface area contributed by atoms with Gasteiger partial charge in [-0.2, -0.15) is 0 Å². The van der Waals surface area contributed by atoms with Gasteiger partial charge in [-0.1, -0.05) is 80.9 Å². The van der Waals surface area contributed by atoms with Crippen LogP contribution in [0.2, 0.25) is 0 Å². The molecule has 228 valence electrons. The maximum atomic E-state index is 12.6. The van der Waals surface area contributed by atoms with Crippen molar-refractivity contribution in [1.29, 1.82) is 0 Å². The summed E-state index contributed by atoms with van der Waals surface area (Å²) in [6, 6.07) is 9.24. The maximum absolute atomic E-state index is 12.6. The molecule has 0 spiro atoms. The van der Waals surface area contributed by atoms with Crippen LogP contribution in [0.4, 0.5) is 0 Å². The molecule has 2 rings (SSSR count). The number of allylic oxidation sites excluding steroid dienone is 6. The van der Waals surface area contributed by atoms with Gasteiger partial charge >= 0.3 is 5.97 Å². The van der Waals surface area contributed by atoms with Gasteiger partial charge in [-0.05, 0) is 73.9 Å². The van der Waals surface area contributed by atoms with E-state index in [4.69, 9.17) is 23.7 Å². The number of carbonyl (C=O) groups excluding carboxylic acids is 1. The summed E-state index contributed by atoms with van der Waals surface area (Å²) < 4.78 is 27.4. The van der Waals surface area contributed by atoms with Gasteiger partial charge in [0.2, 0.25) is 5.75 Å². The molecule has 2 aromatic carbocycles. The molecule has 2 aromatic rings. The summed E-state index contributed by atoms with van der Waals surface area (Å²) in [5, 5.41) is 0. The minimum atomic E-state index is -0.250. The summed E-state index contributed by atoms with van der Waals surface area (Å²) in [7, 11) is 6.31. The molecular weight excluding hydrogens is 528 g/mol. The highest BCUT2D eigenvalue weighted by Gasteiger charge is 2.13. The van der Waals surface area contributed by atoms with Crippen LogP contribution in [0, 0.1) is 0 Å². The van der Waals surface area contributed by atoms with E-state index < -0.39 is 0 Å². The van der Waals surface area contributed by atoms with Gasteiger partial charge in [0.1, 0.15) is 0 Å². The molecule has 0 aliphatic heterocycles. The minimum absolute atomic E-state index is 0.250. The summed E-state index contributed by atoms with van der Waals surface area (Å²) >= 11 is 0. The summed E-state index contributed by atoms with van der Waals surface area (Å²) in [6.07, 6.45) is 27.1. The normalized spacial score (nSPS) is 11.6. The number of hydrogen-bond acceptors (Lipinski definition) is 6. The SMILES string of the molecule is CC/C=C\C/C=C\C/C=C\CCCCCCCC(=O)Oc1cc(/C=C/c2cc(OC)c(OC)c(OC)c2)ccc1OC. The lowest BCUT2D eigenvalue weighted by Gasteiger charge is -2.13. The predicted molar refractivity (Wildman–Crippen MR) is 173 cm³/mol. The number of esters is 1. The second-order valence-corrected chi connectivity index (χ2v) is 9.78. The highest BCUT2D eigenvalue weighted by atomic mass is 16.6. The standard InChI is InChI=1S/C36H48O6/c1-6-7-8-9-10-11-12-13-14-15-16-17-18-19-20-21-35(37)42-32-26-29(24-25-31(32)38-2)22-23-30-27-33(39-3)36(41-5)34(28-30)40-4/h7-8,10-11,13-14,22-28H,6,9,12,15-21H2,1-5H3/b8-7-,11-10-,14-13-,23-22+. The maximum Gasteiger partial charge on any atom is 0.311 e. The first-order valence-corrected chi connectivity index (χ1v) is 14.9. The summed E-state index contributed by atoms with van der Waals surface area (Å²) in [5.41, 5.74) is 1.74. The molecule has 0 bridgehead atoms. The highest BCUT2D eigenvalue weighted by molar-refractivity contribution is 5.76. The van der Waals surface area contributed by atoms with Gasteiger partial charge in [-0.3, -0.25) is 4.79 Å². The number of hydrogen-bond donors (Lipinski definition) is 0. The molecule has 0 radical (unpaired) electrons. The third-order valence-corrected chi connectivity index (χ3v) is 6.60. The van der Waals surface area contributed by atoms with Crippen LogP contribution in [0.25, 0.3) is 12.2 Å². The molecule has 0 heterocycles. The fraction of sp³-hybridized carbons (Fsp3) is 0.417. The predicted octanol–water partition coefficient (Wildman–Crippen LogP) is 9.39. The van der Waals surface area contributed by atoms with Crippen LogP contribution in [0.1, 0.15) is 82.3 Å². The Kier molecular flexibility index (Phi) is 17.0. The van der Waals surface area contributed by atoms with E-state index in [1.807, 2.05) is 30.4 Å². The van der Waals surface area contributed by atoms with Crippen molar-refractivity contribution in [1.82, 2.24) is 0 Å². The lowest BCUT2D eigenvalue weighted by molar-refractivity contribution is -0.134. The molecular formula is C36H48O6. The molecule has 0 saturated carbocycles. The summed E-state index contributed by atoms with van der Waals surface area (Å²) in [4.78, 5) is 12.6. The topological polar surface area (TPSA) is 63.2 Å². The van der Waals surface area contributed by atoms with Crippen molar-refractivity contribution in [3.8, 4) is 28.7 Å². The second kappa shape index (κ2) is 20.9. The van der Waals surface area contributed by atoms with Crippen molar-refractivity contribution in [3.05, 3.63) is 77.9 Å². The quantitative estimate of drug-likeness (QED) is 0.0514. The Morgan fingerprint density at radius 1 is 0.619 bits per heavy atom. The summed E-state index contributed by atoms with van der Waals surface area (Å²) in [5.74, 6) is 2.37. The zero-order valence-electron chi connectivity index (χ0n) is 26.0. The fourth-order valence-corrected chi connectivity index (χ4v) is 4.33. The lowest BCUT2D eigenvalue weighted by Crippen LogP contribution is -2.08. The van der Waals surface area contributed by atoms with Crippen LogP contribution in [0.15, 0.2) is 66.8 Å². The molecule has 0 saturated heterocycles. The van der Waals surface area contributed by atoms with Crippen LogP contribution in [-0.4, -0.2) is 34.4 Å². The molecule has 0 amide bonds. The monoisotopic (exact) mass is 576 g/mol. The summed E-state index contributed by atoms with van der Waals surface area (Å²) in [6.45, 7) is 2.15. The van der Waals surface area contributed by atoms with Crippen LogP contribution in [-0.2, 0) is 4.79 Å². The number of unbranched alkanes of at least 4 members (excludes halogenated alkanes) is 5. The molecule has 0 aromatic heterocycles. The molecule has 6 nitrogen and oxygen atoms in total. The van der Waals surface area contributed by atoms with Crippen molar-refractivity contribution < 1.29 is 28.5 Å². The van der Waals surface area contributed by atoms with Gasteiger partial charge in [0, 0.05) is 6.42 Å². The van der Waals surface area contributed by atoms with Gasteiger partial charge in [-0.15, -0.1) is 0 Å². The average Bonchev–Trinajstić information content (AvgIpc) is 3.01. The lowest BCUT2D eigenvalue weighted by atomic mass is 10.1. The molecule has 0 fully saturated rings. The average molecular weight is 577 g/mol. The van der Waals surface area contributed by atoms with E-state index in [0.717, 1.165) is 56.1 Å². The Morgan fingerprint density at radius 2 is 1.19 bits per heavy atom. The third-order valence-electron chi connectivity index (χ3n) is 6.60. The number of benzene rings is 2. The van der Waals surface area contributed by atoms with Crippen molar-refractivity contribution in [2.24, 2.45) is 0 Å². The van der Waals surface area contributed by atoms with E-state index in [-0.39, 0.29) is 5.97 Å². The van der Waals surface area contributed by atoms with E-state index in [1.165, 1.54) is 12.8 Å². The molecule has 0 N–H and O–H groups in total. The van der Waals surface area contributed by atoms with E-state index in [0.29, 0.717) is 35.2 Å². The number of carbonyl (C=O) groups is 1. The number of ether oxygens (including phenoxy) is 5. The van der Waals surface area contributed by atoms with Crippen molar-refractivity contribution in [3.63, 3.8) is 0 Å². The molecule has 6 heteroatoms. The van der Waals surface area contributed by atoms with Crippen molar-refractivity contribution in [2.45, 2.75) is 71.1 Å². The Balaban J connectivity index is 1.77. The van der Waals surface area contributed by atoms with E-state index >= 15 is 0 Å². The Labute approximate surface area is 252 Å². The smallest absolute Gasteiger partial charge is 0.311 e. The number of methoxy groups -OCH3 is 4. The second-order valence-electron chi connectivity index (χ2n) is 9.78. The Bertz CT molecular complexity index is 1170. The third kappa shape index (κ3) is 12.7. The van der Waals surface area contributed by atoms with Crippen molar-refractivity contribution >= 4 is 18.1 Å². The van der Waals surface area contributed by atoms with Crippen LogP contribution < -0.4 is 23.7 Å². The highest BCUT2D eigenvalue weighted by Crippen LogP contribution is 2.38. The zero-order valence-corrected chi connectivity index (χ0v) is 26.0. The van der Waals surface area contributed by atoms with Gasteiger partial charge in [0.05, 0.1) is 28.4 Å². The number of rotatable bonds is 20. The molecule has 0 atom stereocenters. The van der Waals surface area contributed by atoms with Crippen molar-refractivity contribution in [2.75, 3.05) is 28.4 Å². The Hall–Kier alpha value is -3.93. The van der Waals surface area contributed by atoms with Gasteiger partial charge in [-0.25, -0.2) is 0 Å². The first-order valence-electron chi connectivity index (χ1n) is 14.9. The first kappa shape index (κ1) is 34.3. The molecule has 0 unspecified atom stereocenters. The van der Waals surface area contributed by atoms with Gasteiger partial charge in [0.25, 0.3) is 0 Å².